The summed E-state index contributed by atoms with van der Waals surface area (Å²) in [4.78, 5) is 8.65. The first-order chi connectivity index (χ1) is 14.8. The number of hydrogen-bond acceptors (Lipinski definition) is 4. The molecule has 3 N–H and O–H groups in total. The smallest absolute Gasteiger partial charge is 0.218 e. The monoisotopic (exact) mass is 404 g/mol. The number of guanidine groups is 1. The Hall–Kier alpha value is -3.38. The second-order valence-electron chi connectivity index (χ2n) is 6.84. The molecule has 1 aromatic heterocycles. The maximum atomic E-state index is 9.74. The number of benzene rings is 2. The topological polar surface area (TPSA) is 78.8 Å². The van der Waals surface area contributed by atoms with Gasteiger partial charge in [-0.1, -0.05) is 66.7 Å². The fourth-order valence-electron chi connectivity index (χ4n) is 3.05. The van der Waals surface area contributed by atoms with Gasteiger partial charge in [0, 0.05) is 37.8 Å². The number of aliphatic hydroxyl groups excluding tert-OH is 1. The van der Waals surface area contributed by atoms with Crippen molar-refractivity contribution in [2.24, 2.45) is 4.99 Å². The van der Waals surface area contributed by atoms with E-state index in [0.717, 1.165) is 16.7 Å². The van der Waals surface area contributed by atoms with Gasteiger partial charge in [0.15, 0.2) is 5.96 Å². The standard InChI is InChI=1S/C24H28N4O2/c1-25-24(28-16-22(17-29)20-11-6-3-7-12-20)27-15-21-13-8-14-26-23(21)30-18-19-9-4-2-5-10-19/h2-14,22,29H,15-18H2,1H3,(H2,25,27,28). The molecule has 0 spiro atoms. The summed E-state index contributed by atoms with van der Waals surface area (Å²) >= 11 is 0. The lowest BCUT2D eigenvalue weighted by atomic mass is 10.0. The molecule has 2 aromatic carbocycles. The highest BCUT2D eigenvalue weighted by molar-refractivity contribution is 5.79. The Bertz CT molecular complexity index is 917. The van der Waals surface area contributed by atoms with Gasteiger partial charge in [0.05, 0.1) is 6.61 Å². The summed E-state index contributed by atoms with van der Waals surface area (Å²) in [5.41, 5.74) is 3.13. The fourth-order valence-corrected chi connectivity index (χ4v) is 3.05. The first-order valence-corrected chi connectivity index (χ1v) is 10.0. The Balaban J connectivity index is 1.54. The Labute approximate surface area is 177 Å². The second kappa shape index (κ2) is 11.6. The van der Waals surface area contributed by atoms with Crippen molar-refractivity contribution < 1.29 is 9.84 Å². The summed E-state index contributed by atoms with van der Waals surface area (Å²) in [6.07, 6.45) is 1.72. The Morgan fingerprint density at radius 2 is 1.73 bits per heavy atom. The van der Waals surface area contributed by atoms with Crippen LogP contribution in [0.2, 0.25) is 0 Å². The van der Waals surface area contributed by atoms with E-state index in [1.54, 1.807) is 13.2 Å². The quantitative estimate of drug-likeness (QED) is 0.377. The minimum atomic E-state index is -0.00657. The van der Waals surface area contributed by atoms with Crippen molar-refractivity contribution in [1.29, 1.82) is 0 Å². The normalized spacial score (nSPS) is 12.3. The molecule has 0 aliphatic heterocycles. The van der Waals surface area contributed by atoms with Crippen LogP contribution in [-0.4, -0.2) is 36.2 Å². The van der Waals surface area contributed by atoms with E-state index in [4.69, 9.17) is 4.74 Å². The highest BCUT2D eigenvalue weighted by Crippen LogP contribution is 2.16. The van der Waals surface area contributed by atoms with Crippen LogP contribution in [0.25, 0.3) is 0 Å². The molecule has 0 saturated carbocycles. The number of nitrogens with one attached hydrogen (secondary N) is 2. The highest BCUT2D eigenvalue weighted by Gasteiger charge is 2.11. The maximum absolute atomic E-state index is 9.74. The van der Waals surface area contributed by atoms with Crippen LogP contribution in [0.1, 0.15) is 22.6 Å². The molecule has 6 nitrogen and oxygen atoms in total. The van der Waals surface area contributed by atoms with Gasteiger partial charge in [-0.15, -0.1) is 0 Å². The summed E-state index contributed by atoms with van der Waals surface area (Å²) < 4.78 is 5.92. The molecule has 1 heterocycles. The number of aliphatic imine (C=N–C) groups is 1. The first kappa shape index (κ1) is 21.3. The lowest BCUT2D eigenvalue weighted by molar-refractivity contribution is 0.265. The van der Waals surface area contributed by atoms with E-state index in [9.17, 15) is 5.11 Å². The summed E-state index contributed by atoms with van der Waals surface area (Å²) in [6.45, 7) is 1.62. The molecule has 1 unspecified atom stereocenters. The van der Waals surface area contributed by atoms with Crippen molar-refractivity contribution >= 4 is 5.96 Å². The fraction of sp³-hybridized carbons (Fsp3) is 0.250. The number of aromatic nitrogens is 1. The van der Waals surface area contributed by atoms with Gasteiger partial charge in [-0.25, -0.2) is 4.98 Å². The largest absolute Gasteiger partial charge is 0.473 e. The van der Waals surface area contributed by atoms with E-state index < -0.39 is 0 Å². The molecular formula is C24H28N4O2. The Kier molecular flexibility index (Phi) is 8.23. The molecule has 0 saturated heterocycles. The SMILES string of the molecule is CN=C(NCc1cccnc1OCc1ccccc1)NCC(CO)c1ccccc1. The molecule has 6 heteroatoms. The molecule has 0 radical (unpaired) electrons. The summed E-state index contributed by atoms with van der Waals surface area (Å²) in [7, 11) is 1.72. The van der Waals surface area contributed by atoms with Crippen LogP contribution in [0.15, 0.2) is 84.0 Å². The average Bonchev–Trinajstić information content (AvgIpc) is 2.82. The number of aliphatic hydroxyl groups is 1. The van der Waals surface area contributed by atoms with E-state index in [2.05, 4.69) is 20.6 Å². The van der Waals surface area contributed by atoms with Gasteiger partial charge in [0.25, 0.3) is 0 Å². The van der Waals surface area contributed by atoms with Gasteiger partial charge in [-0.2, -0.15) is 0 Å². The van der Waals surface area contributed by atoms with Gasteiger partial charge in [-0.05, 0) is 17.2 Å². The molecular weight excluding hydrogens is 376 g/mol. The molecule has 3 aromatic rings. The number of rotatable bonds is 9. The third-order valence-corrected chi connectivity index (χ3v) is 4.75. The van der Waals surface area contributed by atoms with Crippen LogP contribution in [0, 0.1) is 0 Å². The summed E-state index contributed by atoms with van der Waals surface area (Å²) in [5.74, 6) is 1.25. The van der Waals surface area contributed by atoms with E-state index >= 15 is 0 Å². The molecule has 156 valence electrons. The summed E-state index contributed by atoms with van der Waals surface area (Å²) in [6, 6.07) is 23.8. The van der Waals surface area contributed by atoms with Gasteiger partial charge < -0.3 is 20.5 Å². The van der Waals surface area contributed by atoms with E-state index in [1.165, 1.54) is 0 Å². The Morgan fingerprint density at radius 1 is 1.00 bits per heavy atom. The molecule has 30 heavy (non-hydrogen) atoms. The minimum Gasteiger partial charge on any atom is -0.473 e. The van der Waals surface area contributed by atoms with Crippen molar-refractivity contribution in [3.63, 3.8) is 0 Å². The lowest BCUT2D eigenvalue weighted by Crippen LogP contribution is -2.39. The van der Waals surface area contributed by atoms with E-state index in [0.29, 0.717) is 31.5 Å². The maximum Gasteiger partial charge on any atom is 0.218 e. The lowest BCUT2D eigenvalue weighted by Gasteiger charge is -2.18. The molecule has 0 bridgehead atoms. The predicted octanol–water partition coefficient (Wildman–Crippen LogP) is 3.10. The van der Waals surface area contributed by atoms with Gasteiger partial charge in [0.2, 0.25) is 5.88 Å². The van der Waals surface area contributed by atoms with Crippen LogP contribution in [0.4, 0.5) is 0 Å². The van der Waals surface area contributed by atoms with Crippen LogP contribution in [0.3, 0.4) is 0 Å². The van der Waals surface area contributed by atoms with Crippen LogP contribution in [0.5, 0.6) is 5.88 Å². The van der Waals surface area contributed by atoms with E-state index in [1.807, 2.05) is 72.8 Å². The Morgan fingerprint density at radius 3 is 2.43 bits per heavy atom. The van der Waals surface area contributed by atoms with Gasteiger partial charge in [-0.3, -0.25) is 4.99 Å². The van der Waals surface area contributed by atoms with Crippen molar-refractivity contribution in [1.82, 2.24) is 15.6 Å². The highest BCUT2D eigenvalue weighted by atomic mass is 16.5. The zero-order valence-corrected chi connectivity index (χ0v) is 17.2. The number of pyridine rings is 1. The van der Waals surface area contributed by atoms with Gasteiger partial charge in [0.1, 0.15) is 6.61 Å². The van der Waals surface area contributed by atoms with Crippen LogP contribution < -0.4 is 15.4 Å². The number of nitrogens with zero attached hydrogens (tertiary/aromatic N) is 2. The molecule has 0 fully saturated rings. The van der Waals surface area contributed by atoms with Crippen LogP contribution in [-0.2, 0) is 13.2 Å². The van der Waals surface area contributed by atoms with E-state index in [-0.39, 0.29) is 12.5 Å². The zero-order valence-electron chi connectivity index (χ0n) is 17.2. The third-order valence-electron chi connectivity index (χ3n) is 4.75. The second-order valence-corrected chi connectivity index (χ2v) is 6.84. The zero-order chi connectivity index (χ0) is 21.0. The van der Waals surface area contributed by atoms with Crippen molar-refractivity contribution in [2.45, 2.75) is 19.1 Å². The third kappa shape index (κ3) is 6.32. The molecule has 0 amide bonds. The average molecular weight is 405 g/mol. The number of ether oxygens (including phenoxy) is 1. The predicted molar refractivity (Wildman–Crippen MR) is 119 cm³/mol. The minimum absolute atomic E-state index is 0.00657. The first-order valence-electron chi connectivity index (χ1n) is 10.0. The van der Waals surface area contributed by atoms with Crippen molar-refractivity contribution in [3.8, 4) is 5.88 Å². The van der Waals surface area contributed by atoms with Crippen LogP contribution >= 0.6 is 0 Å². The molecule has 0 aliphatic rings. The summed E-state index contributed by atoms with van der Waals surface area (Å²) in [5, 5.41) is 16.3. The molecule has 0 aliphatic carbocycles. The van der Waals surface area contributed by atoms with Gasteiger partial charge >= 0.3 is 0 Å². The van der Waals surface area contributed by atoms with Crippen molar-refractivity contribution in [3.05, 3.63) is 95.7 Å². The molecule has 3 rings (SSSR count). The van der Waals surface area contributed by atoms with Crippen molar-refractivity contribution in [2.75, 3.05) is 20.2 Å². The molecule has 1 atom stereocenters. The number of hydrogen-bond donors (Lipinski definition) is 3.